The maximum Gasteiger partial charge on any atom is 0.321 e. The van der Waals surface area contributed by atoms with E-state index in [-0.39, 0.29) is 18.1 Å². The SMILES string of the molecule is O=C(Nc1ccccc1)N1CCCN(C(=O)c2cc(F)ccc2F)CC1. The largest absolute Gasteiger partial charge is 0.337 e. The number of anilines is 1. The van der Waals surface area contributed by atoms with Crippen molar-refractivity contribution in [3.63, 3.8) is 0 Å². The minimum atomic E-state index is -0.751. The van der Waals surface area contributed by atoms with Gasteiger partial charge in [0, 0.05) is 31.9 Å². The van der Waals surface area contributed by atoms with Gasteiger partial charge in [-0.2, -0.15) is 0 Å². The van der Waals surface area contributed by atoms with Gasteiger partial charge >= 0.3 is 6.03 Å². The highest BCUT2D eigenvalue weighted by Gasteiger charge is 2.24. The molecule has 5 nitrogen and oxygen atoms in total. The first kappa shape index (κ1) is 17.8. The smallest absolute Gasteiger partial charge is 0.321 e. The Bertz CT molecular complexity index is 799. The Labute approximate surface area is 150 Å². The number of rotatable bonds is 2. The molecule has 0 saturated carbocycles. The fourth-order valence-corrected chi connectivity index (χ4v) is 2.88. The third-order valence-corrected chi connectivity index (χ3v) is 4.25. The van der Waals surface area contributed by atoms with Crippen LogP contribution in [-0.2, 0) is 0 Å². The second kappa shape index (κ2) is 7.95. The van der Waals surface area contributed by atoms with Crippen molar-refractivity contribution in [3.8, 4) is 0 Å². The number of halogens is 2. The maximum absolute atomic E-state index is 13.8. The van der Waals surface area contributed by atoms with Gasteiger partial charge in [0.05, 0.1) is 5.56 Å². The lowest BCUT2D eigenvalue weighted by atomic mass is 10.1. The minimum Gasteiger partial charge on any atom is -0.337 e. The molecule has 7 heteroatoms. The Morgan fingerprint density at radius 1 is 0.885 bits per heavy atom. The van der Waals surface area contributed by atoms with Gasteiger partial charge in [-0.3, -0.25) is 4.79 Å². The lowest BCUT2D eigenvalue weighted by molar-refractivity contribution is 0.0757. The van der Waals surface area contributed by atoms with Crippen molar-refractivity contribution in [2.45, 2.75) is 6.42 Å². The van der Waals surface area contributed by atoms with Crippen LogP contribution in [0.3, 0.4) is 0 Å². The molecule has 1 N–H and O–H groups in total. The molecule has 0 radical (unpaired) electrons. The van der Waals surface area contributed by atoms with Crippen LogP contribution >= 0.6 is 0 Å². The van der Waals surface area contributed by atoms with E-state index in [1.165, 1.54) is 4.90 Å². The molecule has 3 rings (SSSR count). The Balaban J connectivity index is 1.63. The maximum atomic E-state index is 13.8. The van der Waals surface area contributed by atoms with E-state index >= 15 is 0 Å². The van der Waals surface area contributed by atoms with E-state index in [9.17, 15) is 18.4 Å². The van der Waals surface area contributed by atoms with Crippen LogP contribution in [0.4, 0.5) is 19.3 Å². The second-order valence-electron chi connectivity index (χ2n) is 6.05. The summed E-state index contributed by atoms with van der Waals surface area (Å²) in [7, 11) is 0. The highest BCUT2D eigenvalue weighted by Crippen LogP contribution is 2.15. The summed E-state index contributed by atoms with van der Waals surface area (Å²) < 4.78 is 27.2. The third-order valence-electron chi connectivity index (χ3n) is 4.25. The number of benzene rings is 2. The molecule has 0 bridgehead atoms. The van der Waals surface area contributed by atoms with Gasteiger partial charge in [-0.15, -0.1) is 0 Å². The first-order valence-corrected chi connectivity index (χ1v) is 8.40. The van der Waals surface area contributed by atoms with Crippen molar-refractivity contribution in [1.82, 2.24) is 9.80 Å². The number of carbonyl (C=O) groups is 2. The number of para-hydroxylation sites is 1. The van der Waals surface area contributed by atoms with Crippen molar-refractivity contribution < 1.29 is 18.4 Å². The molecule has 0 aliphatic carbocycles. The van der Waals surface area contributed by atoms with Gasteiger partial charge < -0.3 is 15.1 Å². The van der Waals surface area contributed by atoms with Crippen LogP contribution in [0.25, 0.3) is 0 Å². The van der Waals surface area contributed by atoms with Gasteiger partial charge in [0.1, 0.15) is 11.6 Å². The fourth-order valence-electron chi connectivity index (χ4n) is 2.88. The van der Waals surface area contributed by atoms with E-state index in [4.69, 9.17) is 0 Å². The zero-order valence-corrected chi connectivity index (χ0v) is 14.1. The van der Waals surface area contributed by atoms with Gasteiger partial charge in [0.15, 0.2) is 0 Å². The molecular formula is C19H19F2N3O2. The fraction of sp³-hybridized carbons (Fsp3) is 0.263. The van der Waals surface area contributed by atoms with Gasteiger partial charge in [0.2, 0.25) is 0 Å². The molecule has 2 aromatic rings. The van der Waals surface area contributed by atoms with Crippen LogP contribution in [0, 0.1) is 11.6 Å². The standard InChI is InChI=1S/C19H19F2N3O2/c20-14-7-8-17(21)16(13-14)18(25)23-9-4-10-24(12-11-23)19(26)22-15-5-2-1-3-6-15/h1-3,5-8,13H,4,9-12H2,(H,22,26). The molecule has 136 valence electrons. The van der Waals surface area contributed by atoms with Crippen LogP contribution in [0.1, 0.15) is 16.8 Å². The number of nitrogens with one attached hydrogen (secondary N) is 1. The summed E-state index contributed by atoms with van der Waals surface area (Å²) in [5.74, 6) is -1.97. The molecule has 0 unspecified atom stereocenters. The Morgan fingerprint density at radius 2 is 1.58 bits per heavy atom. The van der Waals surface area contributed by atoms with Crippen LogP contribution in [0.5, 0.6) is 0 Å². The van der Waals surface area contributed by atoms with Crippen molar-refractivity contribution >= 4 is 17.6 Å². The monoisotopic (exact) mass is 359 g/mol. The summed E-state index contributed by atoms with van der Waals surface area (Å²) >= 11 is 0. The summed E-state index contributed by atoms with van der Waals surface area (Å²) in [6, 6.07) is 11.7. The number of hydrogen-bond acceptors (Lipinski definition) is 2. The first-order valence-electron chi connectivity index (χ1n) is 8.40. The Hall–Kier alpha value is -2.96. The highest BCUT2D eigenvalue weighted by atomic mass is 19.1. The van der Waals surface area contributed by atoms with E-state index in [0.29, 0.717) is 31.7 Å². The number of amides is 3. The molecule has 1 aliphatic heterocycles. The first-order chi connectivity index (χ1) is 12.5. The summed E-state index contributed by atoms with van der Waals surface area (Å²) in [5.41, 5.74) is 0.406. The lowest BCUT2D eigenvalue weighted by Crippen LogP contribution is -2.39. The second-order valence-corrected chi connectivity index (χ2v) is 6.05. The number of hydrogen-bond donors (Lipinski definition) is 1. The summed E-state index contributed by atoms with van der Waals surface area (Å²) in [4.78, 5) is 27.9. The zero-order chi connectivity index (χ0) is 18.5. The average molecular weight is 359 g/mol. The predicted octanol–water partition coefficient (Wildman–Crippen LogP) is 3.34. The van der Waals surface area contributed by atoms with E-state index in [2.05, 4.69) is 5.32 Å². The summed E-state index contributed by atoms with van der Waals surface area (Å²) in [6.07, 6.45) is 0.560. The third kappa shape index (κ3) is 4.17. The summed E-state index contributed by atoms with van der Waals surface area (Å²) in [6.45, 7) is 1.44. The van der Waals surface area contributed by atoms with Crippen LogP contribution in [0.15, 0.2) is 48.5 Å². The molecule has 0 spiro atoms. The normalized spacial score (nSPS) is 14.7. The Kier molecular flexibility index (Phi) is 5.46. The highest BCUT2D eigenvalue weighted by molar-refractivity contribution is 5.94. The molecule has 0 atom stereocenters. The lowest BCUT2D eigenvalue weighted by Gasteiger charge is -2.22. The van der Waals surface area contributed by atoms with E-state index in [1.54, 1.807) is 17.0 Å². The van der Waals surface area contributed by atoms with E-state index in [0.717, 1.165) is 18.2 Å². The number of urea groups is 1. The molecule has 1 aliphatic rings. The van der Waals surface area contributed by atoms with Gasteiger partial charge in [-0.05, 0) is 36.8 Å². The van der Waals surface area contributed by atoms with Crippen LogP contribution < -0.4 is 5.32 Å². The van der Waals surface area contributed by atoms with Gasteiger partial charge in [0.25, 0.3) is 5.91 Å². The Morgan fingerprint density at radius 3 is 2.35 bits per heavy atom. The van der Waals surface area contributed by atoms with Crippen molar-refractivity contribution in [2.75, 3.05) is 31.5 Å². The van der Waals surface area contributed by atoms with Crippen molar-refractivity contribution in [2.24, 2.45) is 0 Å². The minimum absolute atomic E-state index is 0.248. The number of carbonyl (C=O) groups excluding carboxylic acids is 2. The van der Waals surface area contributed by atoms with Gasteiger partial charge in [-0.25, -0.2) is 13.6 Å². The van der Waals surface area contributed by atoms with Gasteiger partial charge in [-0.1, -0.05) is 18.2 Å². The van der Waals surface area contributed by atoms with E-state index in [1.807, 2.05) is 18.2 Å². The van der Waals surface area contributed by atoms with Crippen molar-refractivity contribution in [1.29, 1.82) is 0 Å². The molecule has 1 fully saturated rings. The van der Waals surface area contributed by atoms with Crippen molar-refractivity contribution in [3.05, 3.63) is 65.7 Å². The molecule has 3 amide bonds. The predicted molar refractivity (Wildman–Crippen MR) is 93.9 cm³/mol. The quantitative estimate of drug-likeness (QED) is 0.894. The topological polar surface area (TPSA) is 52.7 Å². The molecule has 26 heavy (non-hydrogen) atoms. The van der Waals surface area contributed by atoms with Crippen LogP contribution in [-0.4, -0.2) is 47.9 Å². The summed E-state index contributed by atoms with van der Waals surface area (Å²) in [5, 5.41) is 2.81. The molecule has 1 heterocycles. The molecule has 2 aromatic carbocycles. The average Bonchev–Trinajstić information content (AvgIpc) is 2.90. The number of nitrogens with zero attached hydrogens (tertiary/aromatic N) is 2. The van der Waals surface area contributed by atoms with E-state index < -0.39 is 17.5 Å². The molecular weight excluding hydrogens is 340 g/mol. The van der Waals surface area contributed by atoms with Crippen LogP contribution in [0.2, 0.25) is 0 Å². The molecule has 1 saturated heterocycles. The zero-order valence-electron chi connectivity index (χ0n) is 14.1. The molecule has 0 aromatic heterocycles.